The molecule has 29 heavy (non-hydrogen) atoms. The number of nitrogens with zero attached hydrogens (tertiary/aromatic N) is 1. The van der Waals surface area contributed by atoms with E-state index in [2.05, 4.69) is 15.9 Å². The first-order valence-corrected chi connectivity index (χ1v) is 10.7. The fraction of sp³-hybridized carbons (Fsp3) is 0.238. The molecule has 6 nitrogen and oxygen atoms in total. The van der Waals surface area contributed by atoms with Crippen molar-refractivity contribution in [2.75, 3.05) is 26.5 Å². The molecule has 0 radical (unpaired) electrons. The number of carbonyl (C=O) groups excluding carboxylic acids is 1. The summed E-state index contributed by atoms with van der Waals surface area (Å²) in [6.07, 6.45) is 0. The minimum atomic E-state index is -0.641. The fourth-order valence-corrected chi connectivity index (χ4v) is 5.02. The Morgan fingerprint density at radius 2 is 2.00 bits per heavy atom. The van der Waals surface area contributed by atoms with Gasteiger partial charge in [-0.25, -0.2) is 4.79 Å². The zero-order valence-corrected chi connectivity index (χ0v) is 18.2. The maximum Gasteiger partial charge on any atom is 0.349 e. The van der Waals surface area contributed by atoms with Gasteiger partial charge < -0.3 is 18.8 Å². The van der Waals surface area contributed by atoms with Crippen LogP contribution >= 0.6 is 27.7 Å². The standard InChI is InChI=1S/C21H18BrNO5S/c1-26-14-4-6-18(27-2)15(11-14)20-23(7-8-29-20)19(24)16-10-12-9-13(22)3-5-17(12)28-21(16)25/h3-6,9-11,20H,7-8H2,1-2H3/t20-/m1/s1. The van der Waals surface area contributed by atoms with E-state index in [1.54, 1.807) is 49.1 Å². The van der Waals surface area contributed by atoms with Crippen molar-refractivity contribution >= 4 is 44.6 Å². The molecule has 2 aromatic carbocycles. The van der Waals surface area contributed by atoms with Crippen LogP contribution in [0, 0.1) is 0 Å². The molecule has 1 aromatic heterocycles. The molecule has 0 saturated carbocycles. The van der Waals surface area contributed by atoms with Crippen LogP contribution in [0.25, 0.3) is 11.0 Å². The molecular formula is C21H18BrNO5S. The third kappa shape index (κ3) is 3.74. The predicted octanol–water partition coefficient (Wildman–Crippen LogP) is 4.46. The Morgan fingerprint density at radius 1 is 1.17 bits per heavy atom. The van der Waals surface area contributed by atoms with Gasteiger partial charge in [0, 0.05) is 27.7 Å². The lowest BCUT2D eigenvalue weighted by Crippen LogP contribution is -2.33. The molecule has 1 amide bonds. The van der Waals surface area contributed by atoms with E-state index >= 15 is 0 Å². The van der Waals surface area contributed by atoms with E-state index < -0.39 is 5.63 Å². The average molecular weight is 476 g/mol. The molecule has 8 heteroatoms. The van der Waals surface area contributed by atoms with Gasteiger partial charge in [0.1, 0.15) is 28.0 Å². The molecule has 0 bridgehead atoms. The molecule has 3 aromatic rings. The Hall–Kier alpha value is -2.45. The van der Waals surface area contributed by atoms with Crippen LogP contribution in [-0.2, 0) is 0 Å². The normalized spacial score (nSPS) is 16.2. The molecule has 2 heterocycles. The highest BCUT2D eigenvalue weighted by atomic mass is 79.9. The number of hydrogen-bond acceptors (Lipinski definition) is 6. The van der Waals surface area contributed by atoms with Crippen LogP contribution < -0.4 is 15.1 Å². The van der Waals surface area contributed by atoms with E-state index in [4.69, 9.17) is 13.9 Å². The van der Waals surface area contributed by atoms with Gasteiger partial charge >= 0.3 is 5.63 Å². The van der Waals surface area contributed by atoms with Gasteiger partial charge in [0.15, 0.2) is 0 Å². The van der Waals surface area contributed by atoms with Crippen molar-refractivity contribution in [3.05, 3.63) is 68.5 Å². The maximum atomic E-state index is 13.3. The van der Waals surface area contributed by atoms with Crippen molar-refractivity contribution in [1.29, 1.82) is 0 Å². The van der Waals surface area contributed by atoms with Gasteiger partial charge in [0.05, 0.1) is 14.2 Å². The summed E-state index contributed by atoms with van der Waals surface area (Å²) in [6, 6.07) is 12.4. The van der Waals surface area contributed by atoms with Gasteiger partial charge in [0.25, 0.3) is 5.91 Å². The summed E-state index contributed by atoms with van der Waals surface area (Å²) >= 11 is 5.02. The second-order valence-electron chi connectivity index (χ2n) is 6.46. The first kappa shape index (κ1) is 19.8. The number of rotatable bonds is 4. The number of methoxy groups -OCH3 is 2. The maximum absolute atomic E-state index is 13.3. The number of hydrogen-bond donors (Lipinski definition) is 0. The summed E-state index contributed by atoms with van der Waals surface area (Å²) in [5, 5.41) is 0.398. The van der Waals surface area contributed by atoms with Crippen molar-refractivity contribution in [2.24, 2.45) is 0 Å². The number of benzene rings is 2. The van der Waals surface area contributed by atoms with Crippen molar-refractivity contribution in [2.45, 2.75) is 5.37 Å². The minimum absolute atomic E-state index is 0.0185. The van der Waals surface area contributed by atoms with Gasteiger partial charge in [0.2, 0.25) is 0 Å². The molecular weight excluding hydrogens is 458 g/mol. The summed E-state index contributed by atoms with van der Waals surface area (Å²) in [6.45, 7) is 0.518. The molecule has 1 atom stereocenters. The lowest BCUT2D eigenvalue weighted by atomic mass is 10.1. The van der Waals surface area contributed by atoms with Gasteiger partial charge in [-0.05, 0) is 42.5 Å². The summed E-state index contributed by atoms with van der Waals surface area (Å²) in [5.74, 6) is 1.73. The van der Waals surface area contributed by atoms with E-state index in [0.29, 0.717) is 29.0 Å². The molecule has 0 spiro atoms. The van der Waals surface area contributed by atoms with E-state index in [1.165, 1.54) is 0 Å². The summed E-state index contributed by atoms with van der Waals surface area (Å²) in [4.78, 5) is 27.5. The first-order chi connectivity index (χ1) is 14.0. The monoisotopic (exact) mass is 475 g/mol. The smallest absolute Gasteiger partial charge is 0.349 e. The zero-order chi connectivity index (χ0) is 20.5. The topological polar surface area (TPSA) is 69.0 Å². The SMILES string of the molecule is COc1ccc(OC)c([C@H]2SCCN2C(=O)c2cc3cc(Br)ccc3oc2=O)c1. The summed E-state index contributed by atoms with van der Waals surface area (Å²) < 4.78 is 17.0. The average Bonchev–Trinajstić information content (AvgIpc) is 3.22. The molecule has 1 aliphatic heterocycles. The molecule has 4 rings (SSSR count). The Balaban J connectivity index is 1.75. The third-order valence-electron chi connectivity index (χ3n) is 4.78. The number of amides is 1. The lowest BCUT2D eigenvalue weighted by Gasteiger charge is -2.25. The van der Waals surface area contributed by atoms with Crippen molar-refractivity contribution < 1.29 is 18.7 Å². The van der Waals surface area contributed by atoms with E-state index in [1.807, 2.05) is 24.3 Å². The van der Waals surface area contributed by atoms with Crippen LogP contribution in [-0.4, -0.2) is 37.3 Å². The fourth-order valence-electron chi connectivity index (χ4n) is 3.37. The van der Waals surface area contributed by atoms with Gasteiger partial charge in [-0.2, -0.15) is 0 Å². The van der Waals surface area contributed by atoms with Crippen LogP contribution in [0.3, 0.4) is 0 Å². The zero-order valence-electron chi connectivity index (χ0n) is 15.8. The highest BCUT2D eigenvalue weighted by molar-refractivity contribution is 9.10. The van der Waals surface area contributed by atoms with E-state index in [0.717, 1.165) is 15.8 Å². The van der Waals surface area contributed by atoms with E-state index in [-0.39, 0.29) is 16.8 Å². The molecule has 1 saturated heterocycles. The molecule has 150 valence electrons. The molecule has 0 aliphatic carbocycles. The van der Waals surface area contributed by atoms with Gasteiger partial charge in [-0.3, -0.25) is 4.79 Å². The van der Waals surface area contributed by atoms with Crippen LogP contribution in [0.15, 0.2) is 56.1 Å². The van der Waals surface area contributed by atoms with Crippen LogP contribution in [0.4, 0.5) is 0 Å². The summed E-state index contributed by atoms with van der Waals surface area (Å²) in [7, 11) is 3.18. The lowest BCUT2D eigenvalue weighted by molar-refractivity contribution is 0.0755. The molecule has 0 N–H and O–H groups in total. The summed E-state index contributed by atoms with van der Waals surface area (Å²) in [5.41, 5.74) is 0.648. The Kier molecular flexibility index (Phi) is 5.56. The Morgan fingerprint density at radius 3 is 2.76 bits per heavy atom. The number of ether oxygens (including phenoxy) is 2. The van der Waals surface area contributed by atoms with Crippen molar-refractivity contribution in [3.8, 4) is 11.5 Å². The van der Waals surface area contributed by atoms with Crippen molar-refractivity contribution in [1.82, 2.24) is 4.90 Å². The van der Waals surface area contributed by atoms with E-state index in [9.17, 15) is 9.59 Å². The van der Waals surface area contributed by atoms with Crippen LogP contribution in [0.2, 0.25) is 0 Å². The second-order valence-corrected chi connectivity index (χ2v) is 8.56. The van der Waals surface area contributed by atoms with Gasteiger partial charge in [-0.15, -0.1) is 11.8 Å². The second kappa shape index (κ2) is 8.12. The quantitative estimate of drug-likeness (QED) is 0.518. The Bertz CT molecular complexity index is 1150. The van der Waals surface area contributed by atoms with Gasteiger partial charge in [-0.1, -0.05) is 15.9 Å². The molecule has 1 aliphatic rings. The predicted molar refractivity (Wildman–Crippen MR) is 116 cm³/mol. The number of carbonyl (C=O) groups is 1. The highest BCUT2D eigenvalue weighted by Crippen LogP contribution is 2.43. The number of thioether (sulfide) groups is 1. The van der Waals surface area contributed by atoms with Crippen molar-refractivity contribution in [3.63, 3.8) is 0 Å². The minimum Gasteiger partial charge on any atom is -0.497 e. The third-order valence-corrected chi connectivity index (χ3v) is 6.52. The molecule has 1 fully saturated rings. The Labute approximate surface area is 179 Å². The first-order valence-electron chi connectivity index (χ1n) is 8.89. The van der Waals surface area contributed by atoms with Crippen LogP contribution in [0.1, 0.15) is 21.3 Å². The number of halogens is 1. The van der Waals surface area contributed by atoms with Crippen LogP contribution in [0.5, 0.6) is 11.5 Å². The largest absolute Gasteiger partial charge is 0.497 e. The highest BCUT2D eigenvalue weighted by Gasteiger charge is 2.34. The number of fused-ring (bicyclic) bond motifs is 1. The molecule has 0 unspecified atom stereocenters.